The number of piperidine rings is 1. The number of likely N-dealkylation sites (N-methyl/N-ethyl adjacent to an activating group) is 1. The largest absolute Gasteiger partial charge is 0.496 e. The topological polar surface area (TPSA) is 169 Å². The first-order valence-corrected chi connectivity index (χ1v) is 18.5. The summed E-state index contributed by atoms with van der Waals surface area (Å²) >= 11 is 0. The lowest BCUT2D eigenvalue weighted by Gasteiger charge is -2.27. The van der Waals surface area contributed by atoms with Crippen LogP contribution in [0.1, 0.15) is 77.6 Å². The number of fused-ring (bicyclic) bond motifs is 2. The first-order chi connectivity index (χ1) is 26.5. The Morgan fingerprint density at radius 3 is 2.35 bits per heavy atom. The number of aryl methyl sites for hydroxylation is 1. The molecular weight excluding hydrogens is 704 g/mol. The number of carbonyl (C=O) groups excluding carboxylic acids is 5. The number of carbonyl (C=O) groups is 5. The van der Waals surface area contributed by atoms with Gasteiger partial charge in [-0.05, 0) is 73.7 Å². The average Bonchev–Trinajstić information content (AvgIpc) is 3.42. The summed E-state index contributed by atoms with van der Waals surface area (Å²) in [5.41, 5.74) is 3.58. The van der Waals surface area contributed by atoms with Crippen molar-refractivity contribution < 1.29 is 33.4 Å². The zero-order chi connectivity index (χ0) is 39.2. The number of pyridine rings is 2. The zero-order valence-electron chi connectivity index (χ0n) is 31.6. The molecule has 0 saturated carbocycles. The fourth-order valence-corrected chi connectivity index (χ4v) is 7.33. The first kappa shape index (κ1) is 38.8. The monoisotopic (exact) mass is 750 g/mol. The van der Waals surface area contributed by atoms with Gasteiger partial charge in [0, 0.05) is 62.8 Å². The van der Waals surface area contributed by atoms with Crippen LogP contribution in [0.25, 0.3) is 21.9 Å². The van der Waals surface area contributed by atoms with Crippen LogP contribution in [0, 0.1) is 0 Å². The van der Waals surface area contributed by atoms with Gasteiger partial charge in [-0.1, -0.05) is 19.3 Å². The van der Waals surface area contributed by atoms with Crippen molar-refractivity contribution in [2.75, 3.05) is 39.7 Å². The predicted molar refractivity (Wildman–Crippen MR) is 206 cm³/mol. The van der Waals surface area contributed by atoms with Crippen molar-refractivity contribution in [1.29, 1.82) is 0 Å². The van der Waals surface area contributed by atoms with Gasteiger partial charge in [0.05, 0.1) is 42.8 Å². The van der Waals surface area contributed by atoms with Gasteiger partial charge in [-0.15, -0.1) is 0 Å². The maximum atomic E-state index is 13.1. The molecule has 1 unspecified atom stereocenters. The minimum Gasteiger partial charge on any atom is -0.496 e. The molecule has 14 heteroatoms. The number of ketones is 1. The van der Waals surface area contributed by atoms with Crippen LogP contribution in [-0.2, 0) is 28.0 Å². The lowest BCUT2D eigenvalue weighted by Crippen LogP contribution is -2.54. The van der Waals surface area contributed by atoms with Crippen LogP contribution in [-0.4, -0.2) is 89.2 Å². The minimum absolute atomic E-state index is 0.0756. The summed E-state index contributed by atoms with van der Waals surface area (Å²) in [4.78, 5) is 82.5. The molecule has 2 N–H and O–H groups in total. The van der Waals surface area contributed by atoms with Crippen LogP contribution in [0.15, 0.2) is 59.8 Å². The lowest BCUT2D eigenvalue weighted by atomic mass is 9.99. The Bertz CT molecular complexity index is 2190. The molecule has 14 nitrogen and oxygen atoms in total. The number of imide groups is 2. The van der Waals surface area contributed by atoms with E-state index in [1.54, 1.807) is 62.6 Å². The number of hydrogen-bond donors (Lipinski definition) is 2. The van der Waals surface area contributed by atoms with Gasteiger partial charge in [0.25, 0.3) is 17.4 Å². The molecule has 0 aliphatic carbocycles. The van der Waals surface area contributed by atoms with E-state index in [1.165, 1.54) is 0 Å². The van der Waals surface area contributed by atoms with E-state index in [-0.39, 0.29) is 41.9 Å². The maximum Gasteiger partial charge on any atom is 0.262 e. The number of Topliss-reactive ketones (excluding diaryl/α,β-unsaturated/α-hetero) is 1. The van der Waals surface area contributed by atoms with E-state index in [0.717, 1.165) is 59.1 Å². The molecule has 4 aromatic rings. The molecule has 2 aromatic heterocycles. The molecule has 1 atom stereocenters. The van der Waals surface area contributed by atoms with Gasteiger partial charge in [-0.25, -0.2) is 0 Å². The highest BCUT2D eigenvalue weighted by Gasteiger charge is 2.44. The number of rotatable bonds is 17. The maximum absolute atomic E-state index is 13.1. The number of methoxy groups -OCH3 is 2. The quantitative estimate of drug-likeness (QED) is 0.115. The third kappa shape index (κ3) is 8.44. The van der Waals surface area contributed by atoms with Crippen molar-refractivity contribution in [1.82, 2.24) is 24.7 Å². The van der Waals surface area contributed by atoms with Crippen molar-refractivity contribution in [3.63, 3.8) is 0 Å². The van der Waals surface area contributed by atoms with E-state index in [1.807, 2.05) is 30.1 Å². The fraction of sp³-hybridized carbons (Fsp3) is 0.390. The second kappa shape index (κ2) is 17.1. The molecule has 4 amide bonds. The van der Waals surface area contributed by atoms with Gasteiger partial charge >= 0.3 is 0 Å². The standard InChI is InChI=1S/C41H46N6O8/c1-45(23-33-35(54-3)18-25(19-36(33)55-4)32-24-46(2)39(51)31-21-42-17-15-28(31)32)22-27(48)10-8-6-5-7-9-16-43-26-11-12-29-30(20-26)41(53)47(40(29)52)34-13-14-37(49)44-38(34)50/h11-12,15,17-21,24,34,43H,5-10,13-14,16,22-23H2,1-4H3,(H,44,49,50). The molecule has 4 heterocycles. The fourth-order valence-electron chi connectivity index (χ4n) is 7.33. The number of hydrogen-bond acceptors (Lipinski definition) is 11. The Labute approximate surface area is 318 Å². The summed E-state index contributed by atoms with van der Waals surface area (Å²) in [6.07, 6.45) is 10.3. The molecule has 1 fully saturated rings. The molecule has 0 bridgehead atoms. The molecule has 0 radical (unpaired) electrons. The van der Waals surface area contributed by atoms with E-state index >= 15 is 0 Å². The summed E-state index contributed by atoms with van der Waals surface area (Å²) in [7, 11) is 6.81. The second-order valence-electron chi connectivity index (χ2n) is 14.1. The van der Waals surface area contributed by atoms with Crippen LogP contribution < -0.4 is 25.7 Å². The summed E-state index contributed by atoms with van der Waals surface area (Å²) in [5.74, 6) is -0.693. The second-order valence-corrected chi connectivity index (χ2v) is 14.1. The highest BCUT2D eigenvalue weighted by Crippen LogP contribution is 2.38. The summed E-state index contributed by atoms with van der Waals surface area (Å²) < 4.78 is 13.1. The van der Waals surface area contributed by atoms with E-state index in [2.05, 4.69) is 15.6 Å². The third-order valence-electron chi connectivity index (χ3n) is 10.2. The highest BCUT2D eigenvalue weighted by atomic mass is 16.5. The van der Waals surface area contributed by atoms with Crippen LogP contribution in [0.2, 0.25) is 0 Å². The highest BCUT2D eigenvalue weighted by molar-refractivity contribution is 6.23. The van der Waals surface area contributed by atoms with Crippen molar-refractivity contribution in [3.8, 4) is 22.6 Å². The normalized spacial score (nSPS) is 15.4. The molecule has 1 saturated heterocycles. The Kier molecular flexibility index (Phi) is 12.0. The average molecular weight is 751 g/mol. The van der Waals surface area contributed by atoms with Gasteiger partial charge < -0.3 is 19.4 Å². The van der Waals surface area contributed by atoms with Crippen molar-refractivity contribution in [2.45, 2.75) is 64.0 Å². The number of nitrogens with one attached hydrogen (secondary N) is 2. The summed E-state index contributed by atoms with van der Waals surface area (Å²) in [6.45, 7) is 1.40. The molecule has 0 spiro atoms. The summed E-state index contributed by atoms with van der Waals surface area (Å²) in [6, 6.07) is 9.67. The number of ether oxygens (including phenoxy) is 2. The summed E-state index contributed by atoms with van der Waals surface area (Å²) in [5, 5.41) is 6.82. The van der Waals surface area contributed by atoms with Crippen molar-refractivity contribution in [2.24, 2.45) is 7.05 Å². The van der Waals surface area contributed by atoms with E-state index < -0.39 is 29.7 Å². The molecular formula is C41H46N6O8. The molecule has 55 heavy (non-hydrogen) atoms. The number of anilines is 1. The van der Waals surface area contributed by atoms with E-state index in [9.17, 15) is 28.8 Å². The Morgan fingerprint density at radius 2 is 1.62 bits per heavy atom. The Morgan fingerprint density at radius 1 is 0.909 bits per heavy atom. The van der Waals surface area contributed by atoms with Crippen LogP contribution in [0.3, 0.4) is 0 Å². The molecule has 2 aliphatic rings. The van der Waals surface area contributed by atoms with Crippen LogP contribution >= 0.6 is 0 Å². The van der Waals surface area contributed by atoms with Gasteiger partial charge in [-0.2, -0.15) is 0 Å². The number of amides is 4. The third-order valence-corrected chi connectivity index (χ3v) is 10.2. The van der Waals surface area contributed by atoms with Crippen molar-refractivity contribution >= 4 is 45.9 Å². The van der Waals surface area contributed by atoms with E-state index in [4.69, 9.17) is 9.47 Å². The SMILES string of the molecule is COc1cc(-c2cn(C)c(=O)c3cnccc23)cc(OC)c1CN(C)CC(=O)CCCCCCCNc1ccc2c(c1)C(=O)N(C1CCC(=O)NC1=O)C2=O. The van der Waals surface area contributed by atoms with E-state index in [0.29, 0.717) is 42.1 Å². The smallest absolute Gasteiger partial charge is 0.262 e. The molecule has 288 valence electrons. The van der Waals surface area contributed by atoms with Gasteiger partial charge in [0.1, 0.15) is 23.3 Å². The van der Waals surface area contributed by atoms with Gasteiger partial charge in [0.2, 0.25) is 11.8 Å². The lowest BCUT2D eigenvalue weighted by molar-refractivity contribution is -0.136. The van der Waals surface area contributed by atoms with Crippen LogP contribution in [0.4, 0.5) is 5.69 Å². The van der Waals surface area contributed by atoms with Crippen molar-refractivity contribution in [3.05, 3.63) is 82.0 Å². The molecule has 2 aliphatic heterocycles. The zero-order valence-corrected chi connectivity index (χ0v) is 31.6. The number of unbranched alkanes of at least 4 members (excludes halogenated alkanes) is 4. The first-order valence-electron chi connectivity index (χ1n) is 18.5. The predicted octanol–water partition coefficient (Wildman–Crippen LogP) is 4.47. The molecule has 6 rings (SSSR count). The van der Waals surface area contributed by atoms with Gasteiger partial charge in [0.15, 0.2) is 0 Å². The van der Waals surface area contributed by atoms with Gasteiger partial charge in [-0.3, -0.25) is 48.9 Å². The number of aromatic nitrogens is 2. The van der Waals surface area contributed by atoms with Crippen LogP contribution in [0.5, 0.6) is 11.5 Å². The Hall–Kier alpha value is -5.89. The number of benzene rings is 2. The minimum atomic E-state index is -0.990. The molecule has 2 aromatic carbocycles. The number of nitrogens with zero attached hydrogens (tertiary/aromatic N) is 4. The Balaban J connectivity index is 0.930.